The van der Waals surface area contributed by atoms with E-state index in [9.17, 15) is 8.42 Å². The van der Waals surface area contributed by atoms with Gasteiger partial charge in [-0.05, 0) is 20.8 Å². The van der Waals surface area contributed by atoms with Crippen molar-refractivity contribution in [2.24, 2.45) is 0 Å². The molecule has 0 aliphatic rings. The minimum absolute atomic E-state index is 0.00456. The molecule has 0 amide bonds. The number of ether oxygens (including phenoxy) is 1. The number of halogens is 1. The molecule has 0 aliphatic carbocycles. The minimum atomic E-state index is -3.69. The Balaban J connectivity index is 2.54. The zero-order valence-corrected chi connectivity index (χ0v) is 11.0. The van der Waals surface area contributed by atoms with Gasteiger partial charge in [0.1, 0.15) is 4.90 Å². The van der Waals surface area contributed by atoms with Crippen molar-refractivity contribution in [3.05, 3.63) is 12.4 Å². The van der Waals surface area contributed by atoms with E-state index in [0.29, 0.717) is 13.2 Å². The van der Waals surface area contributed by atoms with Crippen molar-refractivity contribution >= 4 is 19.7 Å². The molecule has 0 aliphatic heterocycles. The summed E-state index contributed by atoms with van der Waals surface area (Å²) in [5.41, 5.74) is -0.214. The van der Waals surface area contributed by atoms with Gasteiger partial charge in [0, 0.05) is 16.9 Å². The third-order valence-corrected chi connectivity index (χ3v) is 3.05. The van der Waals surface area contributed by atoms with Gasteiger partial charge < -0.3 is 4.74 Å². The summed E-state index contributed by atoms with van der Waals surface area (Å²) in [6, 6.07) is 0. The summed E-state index contributed by atoms with van der Waals surface area (Å²) >= 11 is 0. The summed E-state index contributed by atoms with van der Waals surface area (Å²) in [5.74, 6) is 0. The quantitative estimate of drug-likeness (QED) is 0.777. The Bertz CT molecular complexity index is 448. The first-order valence-corrected chi connectivity index (χ1v) is 7.10. The van der Waals surface area contributed by atoms with Crippen LogP contribution in [0.3, 0.4) is 0 Å². The summed E-state index contributed by atoms with van der Waals surface area (Å²) in [6.45, 7) is 6.80. The molecule has 0 saturated carbocycles. The Morgan fingerprint density at radius 1 is 1.50 bits per heavy atom. The van der Waals surface area contributed by atoms with E-state index < -0.39 is 9.05 Å². The fourth-order valence-electron chi connectivity index (χ4n) is 1.04. The van der Waals surface area contributed by atoms with Crippen LogP contribution in [0.1, 0.15) is 20.8 Å². The smallest absolute Gasteiger partial charge is 0.264 e. The number of aromatic nitrogens is 2. The van der Waals surface area contributed by atoms with E-state index >= 15 is 0 Å². The highest BCUT2D eigenvalue weighted by molar-refractivity contribution is 8.13. The van der Waals surface area contributed by atoms with Crippen LogP contribution in [0, 0.1) is 0 Å². The van der Waals surface area contributed by atoms with Crippen LogP contribution in [0.25, 0.3) is 0 Å². The number of hydrogen-bond acceptors (Lipinski definition) is 4. The molecule has 1 heterocycles. The average Bonchev–Trinajstić information content (AvgIpc) is 2.49. The van der Waals surface area contributed by atoms with E-state index in [0.717, 1.165) is 0 Å². The Labute approximate surface area is 99.8 Å². The van der Waals surface area contributed by atoms with Gasteiger partial charge in [-0.25, -0.2) is 8.42 Å². The van der Waals surface area contributed by atoms with Crippen LogP contribution in [-0.2, 0) is 20.3 Å². The van der Waals surface area contributed by atoms with Crippen molar-refractivity contribution in [3.8, 4) is 0 Å². The van der Waals surface area contributed by atoms with E-state index in [1.807, 2.05) is 20.8 Å². The molecule has 0 atom stereocenters. The van der Waals surface area contributed by atoms with E-state index in [2.05, 4.69) is 5.10 Å². The maximum Gasteiger partial charge on any atom is 0.264 e. The van der Waals surface area contributed by atoms with E-state index in [-0.39, 0.29) is 10.5 Å². The molecule has 92 valence electrons. The minimum Gasteiger partial charge on any atom is -0.374 e. The SMILES string of the molecule is CC(C)(C)OCCn1cc(S(=O)(=O)Cl)cn1. The predicted molar refractivity (Wildman–Crippen MR) is 61.0 cm³/mol. The van der Waals surface area contributed by atoms with E-state index in [4.69, 9.17) is 15.4 Å². The second-order valence-corrected chi connectivity index (χ2v) is 6.90. The molecular formula is C9H15ClN2O3S. The molecule has 0 N–H and O–H groups in total. The van der Waals surface area contributed by atoms with Gasteiger partial charge in [-0.15, -0.1) is 0 Å². The monoisotopic (exact) mass is 266 g/mol. The normalized spacial score (nSPS) is 13.0. The summed E-state index contributed by atoms with van der Waals surface area (Å²) in [7, 11) is 1.48. The van der Waals surface area contributed by atoms with Gasteiger partial charge in [-0.3, -0.25) is 4.68 Å². The van der Waals surface area contributed by atoms with Gasteiger partial charge in [0.2, 0.25) is 0 Å². The van der Waals surface area contributed by atoms with Crippen molar-refractivity contribution in [3.63, 3.8) is 0 Å². The van der Waals surface area contributed by atoms with Crippen molar-refractivity contribution in [2.75, 3.05) is 6.61 Å². The van der Waals surface area contributed by atoms with Crippen LogP contribution in [0.5, 0.6) is 0 Å². The number of nitrogens with zero attached hydrogens (tertiary/aromatic N) is 2. The Morgan fingerprint density at radius 2 is 2.12 bits per heavy atom. The highest BCUT2D eigenvalue weighted by atomic mass is 35.7. The van der Waals surface area contributed by atoms with Crippen LogP contribution < -0.4 is 0 Å². The lowest BCUT2D eigenvalue weighted by molar-refractivity contribution is -0.00791. The summed E-state index contributed by atoms with van der Waals surface area (Å²) in [4.78, 5) is 0.00456. The van der Waals surface area contributed by atoms with E-state index in [1.165, 1.54) is 17.1 Å². The van der Waals surface area contributed by atoms with Crippen molar-refractivity contribution in [1.29, 1.82) is 0 Å². The molecule has 7 heteroatoms. The van der Waals surface area contributed by atoms with Crippen LogP contribution >= 0.6 is 10.7 Å². The molecule has 0 fully saturated rings. The van der Waals surface area contributed by atoms with Gasteiger partial charge in [0.05, 0.1) is 24.9 Å². The molecule has 1 aromatic heterocycles. The van der Waals surface area contributed by atoms with Gasteiger partial charge in [-0.2, -0.15) is 5.10 Å². The van der Waals surface area contributed by atoms with Crippen molar-refractivity contribution in [1.82, 2.24) is 9.78 Å². The zero-order chi connectivity index (χ0) is 12.4. The molecule has 5 nitrogen and oxygen atoms in total. The molecule has 0 bridgehead atoms. The van der Waals surface area contributed by atoms with Crippen LogP contribution in [-0.4, -0.2) is 30.4 Å². The molecule has 0 radical (unpaired) electrons. The van der Waals surface area contributed by atoms with E-state index in [1.54, 1.807) is 0 Å². The molecular weight excluding hydrogens is 252 g/mol. The van der Waals surface area contributed by atoms with Gasteiger partial charge in [-0.1, -0.05) is 0 Å². The van der Waals surface area contributed by atoms with Crippen molar-refractivity contribution in [2.45, 2.75) is 37.8 Å². The first-order valence-electron chi connectivity index (χ1n) is 4.79. The average molecular weight is 267 g/mol. The fraction of sp³-hybridized carbons (Fsp3) is 0.667. The molecule has 0 spiro atoms. The first kappa shape index (κ1) is 13.5. The summed E-state index contributed by atoms with van der Waals surface area (Å²) < 4.78 is 28.9. The third kappa shape index (κ3) is 4.51. The van der Waals surface area contributed by atoms with Crippen LogP contribution in [0.15, 0.2) is 17.3 Å². The molecule has 1 rings (SSSR count). The highest BCUT2D eigenvalue weighted by Crippen LogP contribution is 2.13. The van der Waals surface area contributed by atoms with Gasteiger partial charge in [0.15, 0.2) is 0 Å². The molecule has 0 aromatic carbocycles. The van der Waals surface area contributed by atoms with Gasteiger partial charge in [0.25, 0.3) is 9.05 Å². The Kier molecular flexibility index (Phi) is 3.98. The molecule has 0 unspecified atom stereocenters. The second-order valence-electron chi connectivity index (χ2n) is 4.34. The standard InChI is InChI=1S/C9H15ClN2O3S/c1-9(2,3)15-5-4-12-7-8(6-11-12)16(10,13)14/h6-7H,4-5H2,1-3H3. The Hall–Kier alpha value is -0.590. The van der Waals surface area contributed by atoms with Crippen molar-refractivity contribution < 1.29 is 13.2 Å². The maximum atomic E-state index is 11.0. The van der Waals surface area contributed by atoms with Crippen LogP contribution in [0.4, 0.5) is 0 Å². The predicted octanol–water partition coefficient (Wildman–Crippen LogP) is 1.63. The number of hydrogen-bond donors (Lipinski definition) is 0. The number of rotatable bonds is 4. The summed E-state index contributed by atoms with van der Waals surface area (Å²) in [6.07, 6.45) is 2.60. The largest absolute Gasteiger partial charge is 0.374 e. The summed E-state index contributed by atoms with van der Waals surface area (Å²) in [5, 5.41) is 3.88. The molecule has 1 aromatic rings. The fourth-order valence-corrected chi connectivity index (χ4v) is 1.70. The second kappa shape index (κ2) is 4.73. The maximum absolute atomic E-state index is 11.0. The lowest BCUT2D eigenvalue weighted by Gasteiger charge is -2.19. The lowest BCUT2D eigenvalue weighted by Crippen LogP contribution is -2.22. The molecule has 0 saturated heterocycles. The van der Waals surface area contributed by atoms with Crippen LogP contribution in [0.2, 0.25) is 0 Å². The lowest BCUT2D eigenvalue weighted by atomic mass is 10.2. The Morgan fingerprint density at radius 3 is 2.56 bits per heavy atom. The zero-order valence-electron chi connectivity index (χ0n) is 9.47. The molecule has 16 heavy (non-hydrogen) atoms. The first-order chi connectivity index (χ1) is 7.18. The topological polar surface area (TPSA) is 61.2 Å². The van der Waals surface area contributed by atoms with Gasteiger partial charge >= 0.3 is 0 Å². The highest BCUT2D eigenvalue weighted by Gasteiger charge is 2.13. The third-order valence-electron chi connectivity index (χ3n) is 1.75.